The first-order valence-electron chi connectivity index (χ1n) is 7.79. The second kappa shape index (κ2) is 9.68. The maximum Gasteiger partial charge on any atom is 0.307 e. The third-order valence-corrected chi connectivity index (χ3v) is 4.46. The number of ether oxygens (including phenoxy) is 3. The highest BCUT2D eigenvalue weighted by atomic mass is 32.1. The van der Waals surface area contributed by atoms with Gasteiger partial charge in [0.1, 0.15) is 11.5 Å². The van der Waals surface area contributed by atoms with E-state index in [1.54, 1.807) is 31.4 Å². The second-order valence-corrected chi connectivity index (χ2v) is 6.17. The molecule has 2 aromatic rings. The van der Waals surface area contributed by atoms with Crippen molar-refractivity contribution in [2.75, 3.05) is 20.8 Å². The third kappa shape index (κ3) is 6.11. The summed E-state index contributed by atoms with van der Waals surface area (Å²) in [5.74, 6) is 0.855. The predicted octanol–water partition coefficient (Wildman–Crippen LogP) is 2.95. The van der Waals surface area contributed by atoms with Crippen LogP contribution in [0.3, 0.4) is 0 Å². The van der Waals surface area contributed by atoms with Gasteiger partial charge in [-0.3, -0.25) is 9.59 Å². The molecule has 0 aliphatic heterocycles. The van der Waals surface area contributed by atoms with E-state index in [-0.39, 0.29) is 37.4 Å². The summed E-state index contributed by atoms with van der Waals surface area (Å²) in [6.45, 7) is 0.244. The lowest BCUT2D eigenvalue weighted by Gasteiger charge is -2.16. The lowest BCUT2D eigenvalue weighted by atomic mass is 10.1. The van der Waals surface area contributed by atoms with Crippen LogP contribution in [0, 0.1) is 0 Å². The van der Waals surface area contributed by atoms with Gasteiger partial charge in [0, 0.05) is 4.88 Å². The Balaban J connectivity index is 1.82. The Bertz CT molecular complexity index is 669. The van der Waals surface area contributed by atoms with E-state index < -0.39 is 0 Å². The Morgan fingerprint density at radius 1 is 1.12 bits per heavy atom. The molecular formula is C18H21NO5S. The van der Waals surface area contributed by atoms with Crippen LogP contribution >= 0.6 is 11.3 Å². The quantitative estimate of drug-likeness (QED) is 0.694. The Hall–Kier alpha value is -2.54. The molecule has 134 valence electrons. The van der Waals surface area contributed by atoms with Gasteiger partial charge in [-0.15, -0.1) is 11.3 Å². The van der Waals surface area contributed by atoms with Crippen LogP contribution in [0.5, 0.6) is 11.5 Å². The van der Waals surface area contributed by atoms with Gasteiger partial charge in [0.15, 0.2) is 0 Å². The van der Waals surface area contributed by atoms with E-state index in [0.29, 0.717) is 5.75 Å². The molecule has 0 aliphatic carbocycles. The van der Waals surface area contributed by atoms with Gasteiger partial charge in [-0.25, -0.2) is 0 Å². The maximum atomic E-state index is 12.2. The highest BCUT2D eigenvalue weighted by molar-refractivity contribution is 7.10. The molecule has 1 atom stereocenters. The van der Waals surface area contributed by atoms with Crippen LogP contribution in [-0.4, -0.2) is 32.7 Å². The monoisotopic (exact) mass is 363 g/mol. The lowest BCUT2D eigenvalue weighted by Crippen LogP contribution is -2.30. The number of carbonyl (C=O) groups is 2. The highest BCUT2D eigenvalue weighted by Crippen LogP contribution is 2.22. The number of benzene rings is 1. The molecule has 1 amide bonds. The molecular weight excluding hydrogens is 342 g/mol. The predicted molar refractivity (Wildman–Crippen MR) is 94.9 cm³/mol. The summed E-state index contributed by atoms with van der Waals surface area (Å²) >= 11 is 1.48. The SMILES string of the molecule is COC(=O)C[C@H](NC(=O)CCOc1ccc(OC)cc1)c1cccs1. The Kier molecular flexibility index (Phi) is 7.28. The van der Waals surface area contributed by atoms with Gasteiger partial charge in [-0.05, 0) is 35.7 Å². The molecule has 0 bridgehead atoms. The molecule has 25 heavy (non-hydrogen) atoms. The molecule has 0 fully saturated rings. The summed E-state index contributed by atoms with van der Waals surface area (Å²) in [5, 5.41) is 4.76. The number of esters is 1. The van der Waals surface area contributed by atoms with Gasteiger partial charge in [-0.2, -0.15) is 0 Å². The fourth-order valence-electron chi connectivity index (χ4n) is 2.16. The van der Waals surface area contributed by atoms with Crippen molar-refractivity contribution in [1.82, 2.24) is 5.32 Å². The van der Waals surface area contributed by atoms with Crippen molar-refractivity contribution in [3.63, 3.8) is 0 Å². The average Bonchev–Trinajstić information content (AvgIpc) is 3.16. The van der Waals surface area contributed by atoms with Gasteiger partial charge < -0.3 is 19.5 Å². The Morgan fingerprint density at radius 2 is 1.84 bits per heavy atom. The van der Waals surface area contributed by atoms with E-state index in [4.69, 9.17) is 14.2 Å². The van der Waals surface area contributed by atoms with Gasteiger partial charge in [-0.1, -0.05) is 6.07 Å². The number of amides is 1. The van der Waals surface area contributed by atoms with Crippen molar-refractivity contribution in [1.29, 1.82) is 0 Å². The van der Waals surface area contributed by atoms with Gasteiger partial charge in [0.25, 0.3) is 0 Å². The molecule has 1 aromatic heterocycles. The van der Waals surface area contributed by atoms with E-state index in [2.05, 4.69) is 5.32 Å². The van der Waals surface area contributed by atoms with E-state index in [9.17, 15) is 9.59 Å². The largest absolute Gasteiger partial charge is 0.497 e. The van der Waals surface area contributed by atoms with Crippen molar-refractivity contribution < 1.29 is 23.8 Å². The number of thiophene rings is 1. The van der Waals surface area contributed by atoms with Crippen molar-refractivity contribution in [2.45, 2.75) is 18.9 Å². The van der Waals surface area contributed by atoms with Crippen LogP contribution in [0.4, 0.5) is 0 Å². The first-order valence-corrected chi connectivity index (χ1v) is 8.66. The van der Waals surface area contributed by atoms with Gasteiger partial charge in [0.2, 0.25) is 5.91 Å². The minimum atomic E-state index is -0.388. The molecule has 1 aromatic carbocycles. The van der Waals surface area contributed by atoms with Crippen LogP contribution < -0.4 is 14.8 Å². The van der Waals surface area contributed by atoms with Crippen LogP contribution in [0.15, 0.2) is 41.8 Å². The van der Waals surface area contributed by atoms with Crippen LogP contribution in [0.25, 0.3) is 0 Å². The zero-order chi connectivity index (χ0) is 18.1. The highest BCUT2D eigenvalue weighted by Gasteiger charge is 2.19. The summed E-state index contributed by atoms with van der Waals surface area (Å²) in [4.78, 5) is 24.6. The topological polar surface area (TPSA) is 73.9 Å². The van der Waals surface area contributed by atoms with Gasteiger partial charge in [0.05, 0.1) is 39.7 Å². The Labute approximate surface area is 150 Å². The fraction of sp³-hybridized carbons (Fsp3) is 0.333. The number of carbonyl (C=O) groups excluding carboxylic acids is 2. The summed E-state index contributed by atoms with van der Waals surface area (Å²) in [6, 6.07) is 10.5. The normalized spacial score (nSPS) is 11.4. The van der Waals surface area contributed by atoms with Crippen LogP contribution in [0.2, 0.25) is 0 Å². The Morgan fingerprint density at radius 3 is 2.44 bits per heavy atom. The molecule has 6 nitrogen and oxygen atoms in total. The average molecular weight is 363 g/mol. The van der Waals surface area contributed by atoms with Crippen LogP contribution in [-0.2, 0) is 14.3 Å². The molecule has 0 spiro atoms. The fourth-order valence-corrected chi connectivity index (χ4v) is 2.94. The van der Waals surface area contributed by atoms with E-state index >= 15 is 0 Å². The maximum absolute atomic E-state index is 12.2. The number of methoxy groups -OCH3 is 2. The first kappa shape index (κ1) is 18.8. The summed E-state index contributed by atoms with van der Waals surface area (Å²) in [6.07, 6.45) is 0.289. The van der Waals surface area contributed by atoms with Crippen molar-refractivity contribution in [3.05, 3.63) is 46.7 Å². The minimum absolute atomic E-state index is 0.0993. The molecule has 0 unspecified atom stereocenters. The summed E-state index contributed by atoms with van der Waals surface area (Å²) < 4.78 is 15.3. The lowest BCUT2D eigenvalue weighted by molar-refractivity contribution is -0.141. The van der Waals surface area contributed by atoms with Crippen LogP contribution in [0.1, 0.15) is 23.8 Å². The number of hydrogen-bond donors (Lipinski definition) is 1. The standard InChI is InChI=1S/C18H21NO5S/c1-22-13-5-7-14(8-6-13)24-10-9-17(20)19-15(12-18(21)23-2)16-4-3-11-25-16/h3-8,11,15H,9-10,12H2,1-2H3,(H,19,20)/t15-/m0/s1. The molecule has 7 heteroatoms. The van der Waals surface area contributed by atoms with Crippen molar-refractivity contribution >= 4 is 23.2 Å². The molecule has 1 N–H and O–H groups in total. The van der Waals surface area contributed by atoms with E-state index in [1.165, 1.54) is 18.4 Å². The minimum Gasteiger partial charge on any atom is -0.497 e. The smallest absolute Gasteiger partial charge is 0.307 e. The molecule has 0 aliphatic rings. The molecule has 0 saturated carbocycles. The summed E-state index contributed by atoms with van der Waals surface area (Å²) in [7, 11) is 2.93. The van der Waals surface area contributed by atoms with E-state index in [0.717, 1.165) is 10.6 Å². The first-order chi connectivity index (χ1) is 12.1. The third-order valence-electron chi connectivity index (χ3n) is 3.48. The number of hydrogen-bond acceptors (Lipinski definition) is 6. The molecule has 2 rings (SSSR count). The molecule has 0 radical (unpaired) electrons. The number of nitrogens with one attached hydrogen (secondary N) is 1. The van der Waals surface area contributed by atoms with Crippen molar-refractivity contribution in [2.24, 2.45) is 0 Å². The summed E-state index contributed by atoms with van der Waals surface area (Å²) in [5.41, 5.74) is 0. The molecule has 0 saturated heterocycles. The zero-order valence-corrected chi connectivity index (χ0v) is 15.0. The van der Waals surface area contributed by atoms with Gasteiger partial charge >= 0.3 is 5.97 Å². The number of rotatable bonds is 9. The molecule has 1 heterocycles. The van der Waals surface area contributed by atoms with Crippen molar-refractivity contribution in [3.8, 4) is 11.5 Å². The van der Waals surface area contributed by atoms with E-state index in [1.807, 2.05) is 17.5 Å². The zero-order valence-electron chi connectivity index (χ0n) is 14.2. The second-order valence-electron chi connectivity index (χ2n) is 5.19.